The number of hydrogen-bond donors (Lipinski definition) is 3. The van der Waals surface area contributed by atoms with Gasteiger partial charge in [0.1, 0.15) is 12.2 Å². The molecule has 0 unspecified atom stereocenters. The third-order valence-electron chi connectivity index (χ3n) is 2.05. The second-order valence-corrected chi connectivity index (χ2v) is 2.83. The van der Waals surface area contributed by atoms with Crippen molar-refractivity contribution in [3.05, 3.63) is 0 Å². The van der Waals surface area contributed by atoms with Crippen LogP contribution >= 0.6 is 0 Å². The normalized spacial score (nSPS) is 52.2. The summed E-state index contributed by atoms with van der Waals surface area (Å²) < 4.78 is 9.25. The summed E-state index contributed by atoms with van der Waals surface area (Å²) in [6, 6.07) is 0. The average molecular weight is 176 g/mol. The van der Waals surface area contributed by atoms with Crippen molar-refractivity contribution in [2.24, 2.45) is 0 Å². The number of carbonyl (C=O) groups excluding carboxylic acids is 1. The topological polar surface area (TPSA) is 96.2 Å². The maximum atomic E-state index is 10.7. The molecule has 0 bridgehead atoms. The van der Waals surface area contributed by atoms with E-state index in [0.29, 0.717) is 0 Å². The lowest BCUT2D eigenvalue weighted by Gasteiger charge is -2.10. The van der Waals surface area contributed by atoms with Crippen LogP contribution in [-0.4, -0.2) is 52.0 Å². The predicted octanol–water partition coefficient (Wildman–Crippen LogP) is -2.65. The van der Waals surface area contributed by atoms with Gasteiger partial charge < -0.3 is 24.8 Å². The van der Waals surface area contributed by atoms with Gasteiger partial charge in [-0.3, -0.25) is 0 Å². The maximum Gasteiger partial charge on any atom is 0.338 e. The molecule has 0 radical (unpaired) electrons. The van der Waals surface area contributed by atoms with Crippen LogP contribution in [0, 0.1) is 0 Å². The van der Waals surface area contributed by atoms with Gasteiger partial charge in [0.05, 0.1) is 0 Å². The molecule has 68 valence electrons. The SMILES string of the molecule is O=C1O[C@H]2[C@H](O)[C@H](O)O[C@@H]2[C@@H]1O. The van der Waals surface area contributed by atoms with Gasteiger partial charge in [-0.25, -0.2) is 4.79 Å². The lowest BCUT2D eigenvalue weighted by atomic mass is 10.1. The summed E-state index contributed by atoms with van der Waals surface area (Å²) in [5.74, 6) is -0.823. The molecule has 2 heterocycles. The Morgan fingerprint density at radius 1 is 1.17 bits per heavy atom. The second-order valence-electron chi connectivity index (χ2n) is 2.83. The minimum atomic E-state index is -1.40. The van der Waals surface area contributed by atoms with Crippen LogP contribution < -0.4 is 0 Å². The minimum Gasteiger partial charge on any atom is -0.454 e. The Labute approximate surface area is 67.3 Å². The van der Waals surface area contributed by atoms with Gasteiger partial charge in [0.25, 0.3) is 0 Å². The van der Waals surface area contributed by atoms with E-state index in [1.165, 1.54) is 0 Å². The summed E-state index contributed by atoms with van der Waals surface area (Å²) in [6.07, 6.45) is -5.94. The van der Waals surface area contributed by atoms with Crippen LogP contribution in [0.5, 0.6) is 0 Å². The zero-order valence-electron chi connectivity index (χ0n) is 5.95. The molecule has 5 atom stereocenters. The fraction of sp³-hybridized carbons (Fsp3) is 0.833. The predicted molar refractivity (Wildman–Crippen MR) is 32.8 cm³/mol. The van der Waals surface area contributed by atoms with Gasteiger partial charge >= 0.3 is 5.97 Å². The molecular formula is C6H8O6. The molecule has 2 rings (SSSR count). The monoisotopic (exact) mass is 176 g/mol. The van der Waals surface area contributed by atoms with Crippen molar-refractivity contribution < 1.29 is 29.6 Å². The van der Waals surface area contributed by atoms with Crippen molar-refractivity contribution in [3.8, 4) is 0 Å². The summed E-state index contributed by atoms with van der Waals surface area (Å²) >= 11 is 0. The highest BCUT2D eigenvalue weighted by Gasteiger charge is 2.56. The van der Waals surface area contributed by atoms with Crippen molar-refractivity contribution in [1.82, 2.24) is 0 Å². The summed E-state index contributed by atoms with van der Waals surface area (Å²) in [5, 5.41) is 27.2. The molecule has 2 fully saturated rings. The summed E-state index contributed by atoms with van der Waals surface area (Å²) in [7, 11) is 0. The highest BCUT2D eigenvalue weighted by Crippen LogP contribution is 2.30. The van der Waals surface area contributed by atoms with Crippen LogP contribution in [0.1, 0.15) is 0 Å². The molecule has 0 spiro atoms. The summed E-state index contributed by atoms with van der Waals surface area (Å²) in [4.78, 5) is 10.7. The van der Waals surface area contributed by atoms with E-state index in [1.54, 1.807) is 0 Å². The van der Waals surface area contributed by atoms with Gasteiger partial charge in [-0.15, -0.1) is 0 Å². The Morgan fingerprint density at radius 2 is 1.83 bits per heavy atom. The zero-order valence-corrected chi connectivity index (χ0v) is 5.95. The van der Waals surface area contributed by atoms with E-state index in [-0.39, 0.29) is 0 Å². The molecule has 0 aliphatic carbocycles. The number of esters is 1. The van der Waals surface area contributed by atoms with Crippen LogP contribution in [0.4, 0.5) is 0 Å². The summed E-state index contributed by atoms with van der Waals surface area (Å²) in [6.45, 7) is 0. The van der Waals surface area contributed by atoms with Gasteiger partial charge in [-0.1, -0.05) is 0 Å². The van der Waals surface area contributed by atoms with Gasteiger partial charge in [0, 0.05) is 0 Å². The number of hydrogen-bond acceptors (Lipinski definition) is 6. The first kappa shape index (κ1) is 7.93. The van der Waals surface area contributed by atoms with Crippen LogP contribution in [0.15, 0.2) is 0 Å². The van der Waals surface area contributed by atoms with Crippen molar-refractivity contribution in [2.75, 3.05) is 0 Å². The standard InChI is InChI=1S/C6H8O6/c7-1-3-4(12-5(1)9)2(8)6(10)11-3/h1-5,7-9H/t1-,2-,3-,4+,5+/m0/s1. The Kier molecular flexibility index (Phi) is 1.58. The highest BCUT2D eigenvalue weighted by atomic mass is 16.7. The Hall–Kier alpha value is -0.690. The zero-order chi connectivity index (χ0) is 8.88. The Bertz CT molecular complexity index is 216. The van der Waals surface area contributed by atoms with Gasteiger partial charge in [0.2, 0.25) is 0 Å². The number of ether oxygens (including phenoxy) is 2. The van der Waals surface area contributed by atoms with Crippen molar-refractivity contribution in [1.29, 1.82) is 0 Å². The lowest BCUT2D eigenvalue weighted by Crippen LogP contribution is -2.32. The van der Waals surface area contributed by atoms with E-state index in [2.05, 4.69) is 9.47 Å². The smallest absolute Gasteiger partial charge is 0.338 e. The van der Waals surface area contributed by atoms with E-state index >= 15 is 0 Å². The average Bonchev–Trinajstić information content (AvgIpc) is 2.43. The first-order chi connectivity index (χ1) is 5.61. The number of rotatable bonds is 0. The number of aliphatic hydroxyl groups is 3. The quantitative estimate of drug-likeness (QED) is 0.349. The minimum absolute atomic E-state index is 0.823. The number of fused-ring (bicyclic) bond motifs is 1. The molecule has 12 heavy (non-hydrogen) atoms. The van der Waals surface area contributed by atoms with Gasteiger partial charge in [-0.2, -0.15) is 0 Å². The molecule has 2 saturated heterocycles. The third-order valence-corrected chi connectivity index (χ3v) is 2.05. The van der Waals surface area contributed by atoms with Crippen LogP contribution in [0.2, 0.25) is 0 Å². The molecule has 2 aliphatic heterocycles. The molecule has 3 N–H and O–H groups in total. The Balaban J connectivity index is 2.19. The fourth-order valence-electron chi connectivity index (χ4n) is 1.40. The molecule has 0 amide bonds. The Morgan fingerprint density at radius 3 is 2.42 bits per heavy atom. The van der Waals surface area contributed by atoms with E-state index in [4.69, 9.17) is 15.3 Å². The van der Waals surface area contributed by atoms with Crippen LogP contribution in [0.25, 0.3) is 0 Å². The number of aliphatic hydroxyl groups excluding tert-OH is 3. The first-order valence-electron chi connectivity index (χ1n) is 3.51. The molecule has 6 nitrogen and oxygen atoms in total. The molecule has 6 heteroatoms. The fourth-order valence-corrected chi connectivity index (χ4v) is 1.40. The van der Waals surface area contributed by atoms with E-state index < -0.39 is 36.7 Å². The molecule has 2 aliphatic rings. The van der Waals surface area contributed by atoms with E-state index in [1.807, 2.05) is 0 Å². The second kappa shape index (κ2) is 2.40. The van der Waals surface area contributed by atoms with Gasteiger partial charge in [-0.05, 0) is 0 Å². The molecule has 0 saturated carbocycles. The molecule has 0 aromatic carbocycles. The van der Waals surface area contributed by atoms with Crippen LogP contribution in [0.3, 0.4) is 0 Å². The van der Waals surface area contributed by atoms with Crippen molar-refractivity contribution >= 4 is 5.97 Å². The lowest BCUT2D eigenvalue weighted by molar-refractivity contribution is -0.168. The molecule has 0 aromatic rings. The van der Waals surface area contributed by atoms with E-state index in [0.717, 1.165) is 0 Å². The number of carbonyl (C=O) groups is 1. The molecular weight excluding hydrogens is 168 g/mol. The van der Waals surface area contributed by atoms with Gasteiger partial charge in [0.15, 0.2) is 18.5 Å². The van der Waals surface area contributed by atoms with E-state index in [9.17, 15) is 4.79 Å². The van der Waals surface area contributed by atoms with Crippen molar-refractivity contribution in [3.63, 3.8) is 0 Å². The van der Waals surface area contributed by atoms with Crippen LogP contribution in [-0.2, 0) is 14.3 Å². The third kappa shape index (κ3) is 0.862. The maximum absolute atomic E-state index is 10.7. The summed E-state index contributed by atoms with van der Waals surface area (Å²) in [5.41, 5.74) is 0. The largest absolute Gasteiger partial charge is 0.454 e. The first-order valence-corrected chi connectivity index (χ1v) is 3.51. The van der Waals surface area contributed by atoms with Crippen molar-refractivity contribution in [2.45, 2.75) is 30.7 Å². The molecule has 0 aromatic heterocycles. The highest BCUT2D eigenvalue weighted by molar-refractivity contribution is 5.78.